The van der Waals surface area contributed by atoms with E-state index in [-0.39, 0.29) is 23.0 Å². The Labute approximate surface area is 112 Å². The van der Waals surface area contributed by atoms with Crippen LogP contribution in [0.5, 0.6) is 0 Å². The summed E-state index contributed by atoms with van der Waals surface area (Å²) in [6, 6.07) is 3.60. The molecule has 0 aliphatic heterocycles. The molecule has 106 valence electrons. The molecule has 0 aliphatic rings. The van der Waals surface area contributed by atoms with Crippen LogP contribution in [-0.4, -0.2) is 36.9 Å². The fourth-order valence-electron chi connectivity index (χ4n) is 1.28. The summed E-state index contributed by atoms with van der Waals surface area (Å²) in [7, 11) is -2.27. The lowest BCUT2D eigenvalue weighted by atomic mass is 10.2. The highest BCUT2D eigenvalue weighted by Crippen LogP contribution is 2.22. The van der Waals surface area contributed by atoms with E-state index in [0.29, 0.717) is 0 Å². The number of anilines is 2. The van der Waals surface area contributed by atoms with E-state index in [4.69, 9.17) is 10.8 Å². The lowest BCUT2D eigenvalue weighted by molar-refractivity contribution is 0.0697. The van der Waals surface area contributed by atoms with Gasteiger partial charge in [-0.25, -0.2) is 4.79 Å². The molecule has 0 heterocycles. The van der Waals surface area contributed by atoms with Crippen molar-refractivity contribution >= 4 is 27.6 Å². The first-order chi connectivity index (χ1) is 8.65. The van der Waals surface area contributed by atoms with Crippen LogP contribution >= 0.6 is 0 Å². The smallest absolute Gasteiger partial charge is 0.335 e. The van der Waals surface area contributed by atoms with E-state index in [2.05, 4.69) is 4.72 Å². The van der Waals surface area contributed by atoms with Crippen LogP contribution in [0.1, 0.15) is 24.2 Å². The van der Waals surface area contributed by atoms with Crippen molar-refractivity contribution in [2.45, 2.75) is 19.9 Å². The summed E-state index contributed by atoms with van der Waals surface area (Å²) < 4.78 is 27.4. The topological polar surface area (TPSA) is 113 Å². The molecule has 0 fully saturated rings. The quantitative estimate of drug-likeness (QED) is 0.698. The number of nitrogen functional groups attached to an aromatic ring is 1. The maximum Gasteiger partial charge on any atom is 0.335 e. The number of nitrogens with two attached hydrogens (primary N) is 1. The molecule has 8 heteroatoms. The number of aromatic carboxylic acids is 1. The Bertz CT molecular complexity index is 584. The van der Waals surface area contributed by atoms with E-state index in [1.807, 2.05) is 0 Å². The Morgan fingerprint density at radius 3 is 2.42 bits per heavy atom. The molecule has 0 saturated heterocycles. The van der Waals surface area contributed by atoms with Crippen molar-refractivity contribution in [2.24, 2.45) is 0 Å². The zero-order valence-corrected chi connectivity index (χ0v) is 11.7. The molecule has 0 amide bonds. The third-order valence-corrected chi connectivity index (χ3v) is 4.30. The standard InChI is InChI=1S/C11H17N3O4S/c1-7(2)14(3)19(17,18)13-10-5-4-8(11(15)16)6-9(10)12/h4-7,13H,12H2,1-3H3,(H,15,16). The third-order valence-electron chi connectivity index (χ3n) is 2.64. The van der Waals surface area contributed by atoms with E-state index in [1.54, 1.807) is 13.8 Å². The predicted octanol–water partition coefficient (Wildman–Crippen LogP) is 0.964. The molecule has 1 aromatic carbocycles. The van der Waals surface area contributed by atoms with Gasteiger partial charge in [-0.2, -0.15) is 12.7 Å². The lowest BCUT2D eigenvalue weighted by Crippen LogP contribution is -2.37. The number of hydrogen-bond acceptors (Lipinski definition) is 4. The molecule has 1 rings (SSSR count). The minimum atomic E-state index is -3.71. The molecule has 4 N–H and O–H groups in total. The minimum Gasteiger partial charge on any atom is -0.478 e. The summed E-state index contributed by atoms with van der Waals surface area (Å²) in [5.74, 6) is -1.12. The highest BCUT2D eigenvalue weighted by atomic mass is 32.2. The monoisotopic (exact) mass is 287 g/mol. The van der Waals surface area contributed by atoms with Crippen LogP contribution in [-0.2, 0) is 10.2 Å². The van der Waals surface area contributed by atoms with Gasteiger partial charge in [0.05, 0.1) is 16.9 Å². The normalized spacial score (nSPS) is 11.8. The largest absolute Gasteiger partial charge is 0.478 e. The van der Waals surface area contributed by atoms with Gasteiger partial charge in [-0.15, -0.1) is 0 Å². The van der Waals surface area contributed by atoms with E-state index in [1.165, 1.54) is 25.2 Å². The molecule has 7 nitrogen and oxygen atoms in total. The fraction of sp³-hybridized carbons (Fsp3) is 0.364. The number of nitrogens with zero attached hydrogens (tertiary/aromatic N) is 1. The number of benzene rings is 1. The molecule has 0 atom stereocenters. The summed E-state index contributed by atoms with van der Waals surface area (Å²) in [6.07, 6.45) is 0. The molecule has 0 unspecified atom stereocenters. The van der Waals surface area contributed by atoms with Gasteiger partial charge in [0.2, 0.25) is 0 Å². The van der Waals surface area contributed by atoms with E-state index in [9.17, 15) is 13.2 Å². The van der Waals surface area contributed by atoms with Crippen LogP contribution in [0.4, 0.5) is 11.4 Å². The van der Waals surface area contributed by atoms with Gasteiger partial charge < -0.3 is 10.8 Å². The van der Waals surface area contributed by atoms with Crippen molar-refractivity contribution in [3.8, 4) is 0 Å². The van der Waals surface area contributed by atoms with Crippen LogP contribution in [0.3, 0.4) is 0 Å². The lowest BCUT2D eigenvalue weighted by Gasteiger charge is -2.22. The zero-order valence-electron chi connectivity index (χ0n) is 10.9. The Kier molecular flexibility index (Phi) is 4.38. The first-order valence-electron chi connectivity index (χ1n) is 5.53. The van der Waals surface area contributed by atoms with Gasteiger partial charge in [-0.3, -0.25) is 4.72 Å². The summed E-state index contributed by atoms with van der Waals surface area (Å²) >= 11 is 0. The van der Waals surface area contributed by atoms with E-state index in [0.717, 1.165) is 4.31 Å². The number of nitrogens with one attached hydrogen (secondary N) is 1. The second-order valence-corrected chi connectivity index (χ2v) is 6.05. The molecular formula is C11H17N3O4S. The first kappa shape index (κ1) is 15.3. The average molecular weight is 287 g/mol. The van der Waals surface area contributed by atoms with Crippen molar-refractivity contribution in [3.05, 3.63) is 23.8 Å². The SMILES string of the molecule is CC(C)N(C)S(=O)(=O)Nc1ccc(C(=O)O)cc1N. The molecule has 0 aliphatic carbocycles. The van der Waals surface area contributed by atoms with Crippen molar-refractivity contribution in [3.63, 3.8) is 0 Å². The summed E-state index contributed by atoms with van der Waals surface area (Å²) in [5, 5.41) is 8.79. The Balaban J connectivity index is 3.04. The average Bonchev–Trinajstić information content (AvgIpc) is 2.30. The summed E-state index contributed by atoms with van der Waals surface area (Å²) in [4.78, 5) is 10.7. The highest BCUT2D eigenvalue weighted by Gasteiger charge is 2.21. The molecule has 0 radical (unpaired) electrons. The fourth-order valence-corrected chi connectivity index (χ4v) is 2.44. The summed E-state index contributed by atoms with van der Waals surface area (Å²) in [6.45, 7) is 3.46. The Hall–Kier alpha value is -1.80. The van der Waals surface area contributed by atoms with Crippen LogP contribution in [0.25, 0.3) is 0 Å². The number of hydrogen-bond donors (Lipinski definition) is 3. The maximum absolute atomic E-state index is 12.0. The Morgan fingerprint density at radius 1 is 1.42 bits per heavy atom. The molecular weight excluding hydrogens is 270 g/mol. The minimum absolute atomic E-state index is 0.00216. The van der Waals surface area contributed by atoms with E-state index >= 15 is 0 Å². The summed E-state index contributed by atoms with van der Waals surface area (Å²) in [5.41, 5.74) is 5.84. The van der Waals surface area contributed by atoms with Crippen molar-refractivity contribution < 1.29 is 18.3 Å². The molecule has 0 spiro atoms. The van der Waals surface area contributed by atoms with Gasteiger partial charge in [0, 0.05) is 13.1 Å². The second-order valence-electron chi connectivity index (χ2n) is 4.32. The number of carboxylic acid groups (broad SMARTS) is 1. The second kappa shape index (κ2) is 5.45. The molecule has 0 saturated carbocycles. The zero-order chi connectivity index (χ0) is 14.8. The van der Waals surface area contributed by atoms with Crippen molar-refractivity contribution in [1.29, 1.82) is 0 Å². The molecule has 19 heavy (non-hydrogen) atoms. The first-order valence-corrected chi connectivity index (χ1v) is 6.97. The Morgan fingerprint density at radius 2 is 2.00 bits per heavy atom. The maximum atomic E-state index is 12.0. The van der Waals surface area contributed by atoms with Crippen LogP contribution in [0, 0.1) is 0 Å². The van der Waals surface area contributed by atoms with Crippen LogP contribution < -0.4 is 10.5 Å². The van der Waals surface area contributed by atoms with E-state index < -0.39 is 16.2 Å². The number of rotatable bonds is 5. The van der Waals surface area contributed by atoms with Gasteiger partial charge in [-0.1, -0.05) is 0 Å². The number of carboxylic acids is 1. The molecule has 1 aromatic rings. The van der Waals surface area contributed by atoms with Crippen LogP contribution in [0.2, 0.25) is 0 Å². The highest BCUT2D eigenvalue weighted by molar-refractivity contribution is 7.90. The molecule has 0 bridgehead atoms. The van der Waals surface area contributed by atoms with Crippen molar-refractivity contribution in [2.75, 3.05) is 17.5 Å². The van der Waals surface area contributed by atoms with Gasteiger partial charge >= 0.3 is 16.2 Å². The molecule has 0 aromatic heterocycles. The third kappa shape index (κ3) is 3.58. The van der Waals surface area contributed by atoms with Gasteiger partial charge in [-0.05, 0) is 32.0 Å². The predicted molar refractivity (Wildman–Crippen MR) is 73.3 cm³/mol. The van der Waals surface area contributed by atoms with Gasteiger partial charge in [0.15, 0.2) is 0 Å². The van der Waals surface area contributed by atoms with Crippen LogP contribution in [0.15, 0.2) is 18.2 Å². The van der Waals surface area contributed by atoms with Gasteiger partial charge in [0.1, 0.15) is 0 Å². The number of carbonyl (C=O) groups is 1. The van der Waals surface area contributed by atoms with Gasteiger partial charge in [0.25, 0.3) is 0 Å². The van der Waals surface area contributed by atoms with Crippen molar-refractivity contribution in [1.82, 2.24) is 4.31 Å².